The summed E-state index contributed by atoms with van der Waals surface area (Å²) in [5, 5.41) is 7.55. The van der Waals surface area contributed by atoms with Crippen LogP contribution in [0.15, 0.2) is 22.3 Å². The van der Waals surface area contributed by atoms with Crippen LogP contribution in [0.3, 0.4) is 0 Å². The van der Waals surface area contributed by atoms with E-state index in [0.29, 0.717) is 5.75 Å². The summed E-state index contributed by atoms with van der Waals surface area (Å²) in [6.45, 7) is 4.49. The molecule has 3 rings (SSSR count). The number of hydrogen-bond acceptors (Lipinski definition) is 12. The first-order chi connectivity index (χ1) is 15.5. The van der Waals surface area contributed by atoms with Crippen LogP contribution < -0.4 is 11.1 Å². The molecule has 178 valence electrons. The van der Waals surface area contributed by atoms with Gasteiger partial charge in [0.2, 0.25) is 0 Å². The maximum Gasteiger partial charge on any atom is 0.355 e. The van der Waals surface area contributed by atoms with Crippen LogP contribution in [0.1, 0.15) is 26.5 Å². The lowest BCUT2D eigenvalue weighted by molar-refractivity contribution is -0.166. The Kier molecular flexibility index (Phi) is 7.27. The van der Waals surface area contributed by atoms with Crippen molar-refractivity contribution >= 4 is 57.7 Å². The second kappa shape index (κ2) is 9.79. The number of carbonyl (C=O) groups is 4. The number of ether oxygens (including phenoxy) is 2. The summed E-state index contributed by atoms with van der Waals surface area (Å²) in [5.74, 6) is -2.31. The fraction of sp³-hybridized carbons (Fsp3) is 0.474. The maximum atomic E-state index is 12.7. The molecule has 33 heavy (non-hydrogen) atoms. The Morgan fingerprint density at radius 2 is 2.09 bits per heavy atom. The van der Waals surface area contributed by atoms with Crippen molar-refractivity contribution in [3.05, 3.63) is 22.8 Å². The largest absolute Gasteiger partial charge is 0.457 e. The molecule has 14 heteroatoms. The highest BCUT2D eigenvalue weighted by molar-refractivity contribution is 8.00. The van der Waals surface area contributed by atoms with Crippen molar-refractivity contribution in [2.24, 2.45) is 5.16 Å². The van der Waals surface area contributed by atoms with Crippen molar-refractivity contribution in [1.29, 1.82) is 0 Å². The number of anilines is 1. The van der Waals surface area contributed by atoms with Crippen molar-refractivity contribution in [2.45, 2.75) is 37.8 Å². The normalized spacial score (nSPS) is 20.2. The highest BCUT2D eigenvalue weighted by Crippen LogP contribution is 2.37. The van der Waals surface area contributed by atoms with E-state index in [1.165, 1.54) is 29.8 Å². The van der Waals surface area contributed by atoms with Gasteiger partial charge in [-0.05, 0) is 26.8 Å². The zero-order valence-electron chi connectivity index (χ0n) is 18.3. The Morgan fingerprint density at radius 3 is 2.70 bits per heavy atom. The SMILES string of the molecule is CO/N=C(/C(=O)NC1C(=O)N2C(C(=O)OCC(=O)OC(C)(C)C)=CCSC12)c1csc(N)n1. The first-order valence-electron chi connectivity index (χ1n) is 9.69. The number of aromatic nitrogens is 1. The van der Waals surface area contributed by atoms with Gasteiger partial charge in [0.1, 0.15) is 35.5 Å². The number of carbonyl (C=O) groups excluding carboxylic acids is 4. The molecule has 2 unspecified atom stereocenters. The molecular formula is C19H23N5O7S2. The van der Waals surface area contributed by atoms with Gasteiger partial charge in [0.15, 0.2) is 17.5 Å². The number of fused-ring (bicyclic) bond motifs is 1. The zero-order chi connectivity index (χ0) is 24.3. The molecule has 12 nitrogen and oxygen atoms in total. The average Bonchev–Trinajstić information content (AvgIpc) is 3.17. The van der Waals surface area contributed by atoms with Gasteiger partial charge in [0, 0.05) is 11.1 Å². The third kappa shape index (κ3) is 5.63. The molecule has 2 amide bonds. The van der Waals surface area contributed by atoms with Gasteiger partial charge in [-0.15, -0.1) is 23.1 Å². The summed E-state index contributed by atoms with van der Waals surface area (Å²) < 4.78 is 10.1. The second-order valence-electron chi connectivity index (χ2n) is 7.83. The minimum Gasteiger partial charge on any atom is -0.457 e. The number of nitrogen functional groups attached to an aromatic ring is 1. The Labute approximate surface area is 197 Å². The number of oxime groups is 1. The number of hydrogen-bond donors (Lipinski definition) is 2. The van der Waals surface area contributed by atoms with Crippen LogP contribution in [0.5, 0.6) is 0 Å². The molecule has 3 N–H and O–H groups in total. The molecule has 0 spiro atoms. The van der Waals surface area contributed by atoms with Crippen LogP contribution in [-0.4, -0.2) is 75.8 Å². The summed E-state index contributed by atoms with van der Waals surface area (Å²) in [4.78, 5) is 59.7. The lowest BCUT2D eigenvalue weighted by Crippen LogP contribution is -2.70. The molecule has 1 saturated heterocycles. The third-order valence-corrected chi connectivity index (χ3v) is 6.10. The summed E-state index contributed by atoms with van der Waals surface area (Å²) in [5.41, 5.74) is 4.98. The standard InChI is InChI=1S/C19H23N5O7S2/c1-19(2,3)31-11(25)7-30-17(28)10-5-6-32-16-13(15(27)24(10)16)22-14(26)12(23-29-4)9-8-33-18(20)21-9/h5,8,13,16H,6-7H2,1-4H3,(H2,20,21)(H,22,26)/b23-12+. The quantitative estimate of drug-likeness (QED) is 0.231. The molecule has 2 aliphatic rings. The van der Waals surface area contributed by atoms with Crippen LogP contribution in [0.2, 0.25) is 0 Å². The molecule has 0 aliphatic carbocycles. The van der Waals surface area contributed by atoms with Crippen LogP contribution in [0.4, 0.5) is 5.13 Å². The van der Waals surface area contributed by atoms with Crippen LogP contribution in [-0.2, 0) is 33.5 Å². The number of thiazole rings is 1. The molecule has 3 heterocycles. The van der Waals surface area contributed by atoms with Gasteiger partial charge >= 0.3 is 11.9 Å². The molecule has 0 bridgehead atoms. The van der Waals surface area contributed by atoms with E-state index in [0.717, 1.165) is 11.3 Å². The van der Waals surface area contributed by atoms with E-state index in [1.54, 1.807) is 26.2 Å². The van der Waals surface area contributed by atoms with Gasteiger partial charge in [-0.1, -0.05) is 5.16 Å². The molecule has 1 aromatic rings. The summed E-state index contributed by atoms with van der Waals surface area (Å²) in [6.07, 6.45) is 1.53. The van der Waals surface area contributed by atoms with E-state index in [4.69, 9.17) is 20.0 Å². The topological polar surface area (TPSA) is 163 Å². The Hall–Kier alpha value is -3.13. The second-order valence-corrected chi connectivity index (χ2v) is 9.87. The first-order valence-corrected chi connectivity index (χ1v) is 11.6. The Balaban J connectivity index is 1.63. The van der Waals surface area contributed by atoms with Crippen molar-refractivity contribution in [1.82, 2.24) is 15.2 Å². The number of esters is 2. The zero-order valence-corrected chi connectivity index (χ0v) is 19.9. The fourth-order valence-corrected chi connectivity index (χ4v) is 4.74. The van der Waals surface area contributed by atoms with Crippen LogP contribution in [0.25, 0.3) is 0 Å². The molecule has 0 saturated carbocycles. The fourth-order valence-electron chi connectivity index (χ4n) is 3.00. The van der Waals surface area contributed by atoms with Crippen molar-refractivity contribution < 1.29 is 33.5 Å². The number of nitrogens with two attached hydrogens (primary N) is 1. The Morgan fingerprint density at radius 1 is 1.36 bits per heavy atom. The van der Waals surface area contributed by atoms with Gasteiger partial charge < -0.3 is 25.4 Å². The number of β-lactam (4-membered cyclic amide) rings is 1. The van der Waals surface area contributed by atoms with Gasteiger partial charge in [-0.3, -0.25) is 14.5 Å². The van der Waals surface area contributed by atoms with Crippen LogP contribution >= 0.6 is 23.1 Å². The van der Waals surface area contributed by atoms with E-state index in [-0.39, 0.29) is 22.2 Å². The first kappa shape index (κ1) is 24.5. The van der Waals surface area contributed by atoms with E-state index >= 15 is 0 Å². The molecule has 1 fully saturated rings. The minimum absolute atomic E-state index is 0.0101. The molecule has 1 aromatic heterocycles. The van der Waals surface area contributed by atoms with E-state index in [9.17, 15) is 19.2 Å². The summed E-state index contributed by atoms with van der Waals surface area (Å²) >= 11 is 2.48. The number of rotatable bonds is 7. The molecule has 2 aliphatic heterocycles. The van der Waals surface area contributed by atoms with Gasteiger partial charge in [0.05, 0.1) is 0 Å². The predicted octanol–water partition coefficient (Wildman–Crippen LogP) is 0.245. The van der Waals surface area contributed by atoms with Crippen molar-refractivity contribution in [2.75, 3.05) is 25.2 Å². The van der Waals surface area contributed by atoms with E-state index in [2.05, 4.69) is 15.5 Å². The molecule has 2 atom stereocenters. The minimum atomic E-state index is -0.900. The summed E-state index contributed by atoms with van der Waals surface area (Å²) in [7, 11) is 1.27. The monoisotopic (exact) mass is 497 g/mol. The smallest absolute Gasteiger partial charge is 0.355 e. The number of thioether (sulfide) groups is 1. The lowest BCUT2D eigenvalue weighted by atomic mass is 10.0. The Bertz CT molecular complexity index is 1030. The molecule has 0 aromatic carbocycles. The maximum absolute atomic E-state index is 12.7. The van der Waals surface area contributed by atoms with Gasteiger partial charge in [0.25, 0.3) is 11.8 Å². The van der Waals surface area contributed by atoms with E-state index < -0.39 is 47.4 Å². The predicted molar refractivity (Wildman–Crippen MR) is 120 cm³/mol. The lowest BCUT2D eigenvalue weighted by Gasteiger charge is -2.48. The third-order valence-electron chi connectivity index (χ3n) is 4.25. The highest BCUT2D eigenvalue weighted by Gasteiger charge is 2.53. The van der Waals surface area contributed by atoms with E-state index in [1.807, 2.05) is 0 Å². The number of amides is 2. The van der Waals surface area contributed by atoms with Gasteiger partial charge in [-0.2, -0.15) is 0 Å². The number of nitrogens with one attached hydrogen (secondary N) is 1. The van der Waals surface area contributed by atoms with Gasteiger partial charge in [-0.25, -0.2) is 14.6 Å². The summed E-state index contributed by atoms with van der Waals surface area (Å²) in [6, 6.07) is -0.900. The molecular weight excluding hydrogens is 474 g/mol. The number of nitrogens with zero attached hydrogens (tertiary/aromatic N) is 3. The van der Waals surface area contributed by atoms with Crippen LogP contribution in [0, 0.1) is 0 Å². The van der Waals surface area contributed by atoms with Crippen molar-refractivity contribution in [3.63, 3.8) is 0 Å². The average molecular weight is 498 g/mol. The highest BCUT2D eigenvalue weighted by atomic mass is 32.2. The van der Waals surface area contributed by atoms with Crippen molar-refractivity contribution in [3.8, 4) is 0 Å². The molecule has 0 radical (unpaired) electrons.